The van der Waals surface area contributed by atoms with E-state index in [0.29, 0.717) is 11.3 Å². The fourth-order valence-electron chi connectivity index (χ4n) is 2.96. The standard InChI is InChI=1S/C23H21NO5/c1-16(20-8-4-6-18-5-2-3-7-21(18)20)24-22(26)14-29-23(27)15-28-19-11-9-17(13-25)10-12-19/h2-13,16H,14-15H2,1H3,(H,24,26)/t16-/m0/s1. The maximum atomic E-state index is 12.1. The number of hydrogen-bond donors (Lipinski definition) is 1. The van der Waals surface area contributed by atoms with E-state index in [4.69, 9.17) is 9.47 Å². The molecule has 0 aliphatic rings. The van der Waals surface area contributed by atoms with Gasteiger partial charge in [0.15, 0.2) is 13.2 Å². The Morgan fingerprint density at radius 2 is 1.69 bits per heavy atom. The summed E-state index contributed by atoms with van der Waals surface area (Å²) in [6.45, 7) is 1.17. The Labute approximate surface area is 168 Å². The highest BCUT2D eigenvalue weighted by Crippen LogP contribution is 2.23. The van der Waals surface area contributed by atoms with Crippen LogP contribution in [0.15, 0.2) is 66.7 Å². The molecule has 1 atom stereocenters. The zero-order valence-electron chi connectivity index (χ0n) is 16.0. The monoisotopic (exact) mass is 391 g/mol. The quantitative estimate of drug-likeness (QED) is 0.470. The van der Waals surface area contributed by atoms with Gasteiger partial charge in [0, 0.05) is 5.56 Å². The molecule has 3 aromatic carbocycles. The number of hydrogen-bond acceptors (Lipinski definition) is 5. The van der Waals surface area contributed by atoms with E-state index in [1.807, 2.05) is 49.4 Å². The summed E-state index contributed by atoms with van der Waals surface area (Å²) in [4.78, 5) is 34.6. The Bertz CT molecular complexity index is 1010. The molecule has 1 amide bonds. The predicted octanol–water partition coefficient (Wildman–Crippen LogP) is 3.45. The van der Waals surface area contributed by atoms with E-state index in [2.05, 4.69) is 5.32 Å². The molecule has 6 heteroatoms. The molecule has 0 aromatic heterocycles. The minimum absolute atomic E-state index is 0.236. The number of carbonyl (C=O) groups is 3. The molecule has 0 fully saturated rings. The van der Waals surface area contributed by atoms with Crippen LogP contribution in [0.25, 0.3) is 10.8 Å². The molecule has 0 spiro atoms. The van der Waals surface area contributed by atoms with E-state index < -0.39 is 11.9 Å². The largest absolute Gasteiger partial charge is 0.482 e. The molecule has 0 saturated heterocycles. The number of aldehydes is 1. The third-order valence-electron chi connectivity index (χ3n) is 4.40. The molecular weight excluding hydrogens is 370 g/mol. The van der Waals surface area contributed by atoms with Crippen molar-refractivity contribution in [2.24, 2.45) is 0 Å². The van der Waals surface area contributed by atoms with Crippen LogP contribution >= 0.6 is 0 Å². The van der Waals surface area contributed by atoms with E-state index in [1.165, 1.54) is 0 Å². The Kier molecular flexibility index (Phi) is 6.58. The van der Waals surface area contributed by atoms with Gasteiger partial charge in [-0.25, -0.2) is 4.79 Å². The fraction of sp³-hybridized carbons (Fsp3) is 0.174. The van der Waals surface area contributed by atoms with Gasteiger partial charge in [0.1, 0.15) is 12.0 Å². The van der Waals surface area contributed by atoms with E-state index in [1.54, 1.807) is 24.3 Å². The van der Waals surface area contributed by atoms with Crippen LogP contribution in [-0.2, 0) is 14.3 Å². The molecule has 0 heterocycles. The maximum absolute atomic E-state index is 12.1. The zero-order valence-corrected chi connectivity index (χ0v) is 16.0. The van der Waals surface area contributed by atoms with Crippen LogP contribution in [0, 0.1) is 0 Å². The second-order valence-electron chi connectivity index (χ2n) is 6.49. The molecule has 3 rings (SSSR count). The van der Waals surface area contributed by atoms with Gasteiger partial charge in [-0.2, -0.15) is 0 Å². The first-order chi connectivity index (χ1) is 14.1. The summed E-state index contributed by atoms with van der Waals surface area (Å²) in [5, 5.41) is 5.00. The summed E-state index contributed by atoms with van der Waals surface area (Å²) in [5.41, 5.74) is 1.50. The fourth-order valence-corrected chi connectivity index (χ4v) is 2.96. The number of amides is 1. The highest BCUT2D eigenvalue weighted by molar-refractivity contribution is 5.87. The van der Waals surface area contributed by atoms with Crippen molar-refractivity contribution in [2.75, 3.05) is 13.2 Å². The van der Waals surface area contributed by atoms with Crippen molar-refractivity contribution in [3.63, 3.8) is 0 Å². The van der Waals surface area contributed by atoms with E-state index >= 15 is 0 Å². The van der Waals surface area contributed by atoms with Gasteiger partial charge in [-0.05, 0) is 47.5 Å². The predicted molar refractivity (Wildman–Crippen MR) is 109 cm³/mol. The third kappa shape index (κ3) is 5.42. The van der Waals surface area contributed by atoms with E-state index in [0.717, 1.165) is 22.6 Å². The number of esters is 1. The molecule has 1 N–H and O–H groups in total. The number of fused-ring (bicyclic) bond motifs is 1. The molecular formula is C23H21NO5. The van der Waals surface area contributed by atoms with Crippen molar-refractivity contribution < 1.29 is 23.9 Å². The summed E-state index contributed by atoms with van der Waals surface area (Å²) < 4.78 is 10.2. The summed E-state index contributed by atoms with van der Waals surface area (Å²) in [5.74, 6) is -0.617. The van der Waals surface area contributed by atoms with E-state index in [9.17, 15) is 14.4 Å². The van der Waals surface area contributed by atoms with Crippen molar-refractivity contribution in [3.8, 4) is 5.75 Å². The number of benzene rings is 3. The average Bonchev–Trinajstić information content (AvgIpc) is 2.76. The van der Waals surface area contributed by atoms with Crippen LogP contribution in [0.4, 0.5) is 0 Å². The number of rotatable bonds is 8. The van der Waals surface area contributed by atoms with Crippen LogP contribution in [0.5, 0.6) is 5.75 Å². The summed E-state index contributed by atoms with van der Waals surface area (Å²) in [6.07, 6.45) is 0.718. The van der Waals surface area contributed by atoms with Crippen molar-refractivity contribution in [2.45, 2.75) is 13.0 Å². The van der Waals surface area contributed by atoms with Crippen LogP contribution < -0.4 is 10.1 Å². The van der Waals surface area contributed by atoms with Crippen molar-refractivity contribution >= 4 is 28.9 Å². The van der Waals surface area contributed by atoms with Crippen molar-refractivity contribution in [1.29, 1.82) is 0 Å². The second-order valence-corrected chi connectivity index (χ2v) is 6.49. The minimum atomic E-state index is -0.655. The molecule has 0 aliphatic carbocycles. The van der Waals surface area contributed by atoms with Gasteiger partial charge in [-0.15, -0.1) is 0 Å². The van der Waals surface area contributed by atoms with Gasteiger partial charge in [-0.3, -0.25) is 9.59 Å². The highest BCUT2D eigenvalue weighted by atomic mass is 16.6. The van der Waals surface area contributed by atoms with Gasteiger partial charge < -0.3 is 14.8 Å². The van der Waals surface area contributed by atoms with Gasteiger partial charge in [0.2, 0.25) is 0 Å². The molecule has 148 valence electrons. The highest BCUT2D eigenvalue weighted by Gasteiger charge is 2.14. The first-order valence-corrected chi connectivity index (χ1v) is 9.17. The second kappa shape index (κ2) is 9.50. The SMILES string of the molecule is C[C@H](NC(=O)COC(=O)COc1ccc(C=O)cc1)c1cccc2ccccc12. The van der Waals surface area contributed by atoms with Crippen LogP contribution in [-0.4, -0.2) is 31.4 Å². The third-order valence-corrected chi connectivity index (χ3v) is 4.40. The Morgan fingerprint density at radius 1 is 0.966 bits per heavy atom. The van der Waals surface area contributed by atoms with Crippen LogP contribution in [0.2, 0.25) is 0 Å². The average molecular weight is 391 g/mol. The topological polar surface area (TPSA) is 81.7 Å². The number of carbonyl (C=O) groups excluding carboxylic acids is 3. The normalized spacial score (nSPS) is 11.5. The summed E-state index contributed by atoms with van der Waals surface area (Å²) in [6, 6.07) is 19.9. The van der Waals surface area contributed by atoms with Crippen LogP contribution in [0.3, 0.4) is 0 Å². The Balaban J connectivity index is 1.47. The minimum Gasteiger partial charge on any atom is -0.482 e. The number of nitrogens with one attached hydrogen (secondary N) is 1. The first kappa shape index (κ1) is 20.1. The lowest BCUT2D eigenvalue weighted by Crippen LogP contribution is -2.32. The van der Waals surface area contributed by atoms with Crippen molar-refractivity contribution in [3.05, 3.63) is 77.9 Å². The first-order valence-electron chi connectivity index (χ1n) is 9.17. The number of ether oxygens (including phenoxy) is 2. The Morgan fingerprint density at radius 3 is 2.45 bits per heavy atom. The van der Waals surface area contributed by atoms with Crippen molar-refractivity contribution in [1.82, 2.24) is 5.32 Å². The molecule has 0 saturated carbocycles. The lowest BCUT2D eigenvalue weighted by molar-refractivity contribution is -0.150. The lowest BCUT2D eigenvalue weighted by atomic mass is 10.00. The summed E-state index contributed by atoms with van der Waals surface area (Å²) in [7, 11) is 0. The van der Waals surface area contributed by atoms with E-state index in [-0.39, 0.29) is 19.3 Å². The molecule has 0 unspecified atom stereocenters. The lowest BCUT2D eigenvalue weighted by Gasteiger charge is -2.16. The molecule has 29 heavy (non-hydrogen) atoms. The zero-order chi connectivity index (χ0) is 20.6. The molecule has 0 radical (unpaired) electrons. The molecule has 0 aliphatic heterocycles. The maximum Gasteiger partial charge on any atom is 0.344 e. The smallest absolute Gasteiger partial charge is 0.344 e. The van der Waals surface area contributed by atoms with Gasteiger partial charge in [-0.1, -0.05) is 42.5 Å². The van der Waals surface area contributed by atoms with Gasteiger partial charge in [0.25, 0.3) is 5.91 Å². The van der Waals surface area contributed by atoms with Gasteiger partial charge >= 0.3 is 5.97 Å². The molecule has 6 nitrogen and oxygen atoms in total. The summed E-state index contributed by atoms with van der Waals surface area (Å²) >= 11 is 0. The molecule has 3 aromatic rings. The van der Waals surface area contributed by atoms with Crippen LogP contribution in [0.1, 0.15) is 28.9 Å². The van der Waals surface area contributed by atoms with Gasteiger partial charge in [0.05, 0.1) is 6.04 Å². The molecule has 0 bridgehead atoms. The Hall–Kier alpha value is -3.67.